The van der Waals surface area contributed by atoms with Crippen molar-refractivity contribution in [1.29, 1.82) is 0 Å². The van der Waals surface area contributed by atoms with Crippen molar-refractivity contribution in [1.82, 2.24) is 4.90 Å². The van der Waals surface area contributed by atoms with Crippen LogP contribution in [0.4, 0.5) is 5.69 Å². The van der Waals surface area contributed by atoms with Gasteiger partial charge in [0.2, 0.25) is 5.91 Å². The molecule has 1 aliphatic carbocycles. The molecule has 1 N–H and O–H groups in total. The van der Waals surface area contributed by atoms with Crippen LogP contribution in [-0.4, -0.2) is 42.5 Å². The van der Waals surface area contributed by atoms with E-state index < -0.39 is 0 Å². The van der Waals surface area contributed by atoms with Crippen LogP contribution in [0.15, 0.2) is 24.3 Å². The van der Waals surface area contributed by atoms with Gasteiger partial charge in [-0.2, -0.15) is 0 Å². The highest BCUT2D eigenvalue weighted by molar-refractivity contribution is 5.97. The number of carbonyl (C=O) groups excluding carboxylic acids is 2. The zero-order valence-electron chi connectivity index (χ0n) is 12.9. The molecule has 1 unspecified atom stereocenters. The highest BCUT2D eigenvalue weighted by Crippen LogP contribution is 2.27. The molecule has 0 spiro atoms. The lowest BCUT2D eigenvalue weighted by Gasteiger charge is -2.31. The van der Waals surface area contributed by atoms with Crippen LogP contribution in [0.3, 0.4) is 0 Å². The van der Waals surface area contributed by atoms with Crippen LogP contribution in [0.2, 0.25) is 0 Å². The van der Waals surface area contributed by atoms with Crippen molar-refractivity contribution < 1.29 is 14.3 Å². The van der Waals surface area contributed by atoms with Gasteiger partial charge in [-0.05, 0) is 38.0 Å². The summed E-state index contributed by atoms with van der Waals surface area (Å²) >= 11 is 0. The number of nitrogens with zero attached hydrogens (tertiary/aromatic N) is 1. The van der Waals surface area contributed by atoms with Crippen LogP contribution >= 0.6 is 0 Å². The number of ether oxygens (including phenoxy) is 1. The van der Waals surface area contributed by atoms with Gasteiger partial charge in [-0.3, -0.25) is 9.59 Å². The van der Waals surface area contributed by atoms with Gasteiger partial charge in [0.15, 0.2) is 0 Å². The molecule has 5 heteroatoms. The van der Waals surface area contributed by atoms with E-state index in [-0.39, 0.29) is 23.8 Å². The Bertz CT molecular complexity index is 569. The van der Waals surface area contributed by atoms with E-state index in [1.807, 2.05) is 19.1 Å². The standard InChI is InChI=1S/C17H22N2O3/c1-12-11-19(8-9-22-12)17(21)14-6-3-7-15(10-14)18-16(20)13-4-2-5-13/h3,6-7,10,12-13H,2,4-5,8-9,11H2,1H3,(H,18,20). The number of nitrogens with one attached hydrogen (secondary N) is 1. The maximum atomic E-state index is 12.5. The van der Waals surface area contributed by atoms with E-state index in [4.69, 9.17) is 4.74 Å². The molecule has 5 nitrogen and oxygen atoms in total. The first-order valence-corrected chi connectivity index (χ1v) is 7.95. The van der Waals surface area contributed by atoms with E-state index in [1.165, 1.54) is 0 Å². The summed E-state index contributed by atoms with van der Waals surface area (Å²) in [5, 5.41) is 2.92. The fourth-order valence-electron chi connectivity index (χ4n) is 2.83. The minimum absolute atomic E-state index is 0.00473. The fraction of sp³-hybridized carbons (Fsp3) is 0.529. The molecular formula is C17H22N2O3. The van der Waals surface area contributed by atoms with Crippen LogP contribution in [0.25, 0.3) is 0 Å². The van der Waals surface area contributed by atoms with Gasteiger partial charge in [0.05, 0.1) is 12.7 Å². The van der Waals surface area contributed by atoms with Crippen molar-refractivity contribution in [2.45, 2.75) is 32.3 Å². The molecule has 1 aromatic rings. The highest BCUT2D eigenvalue weighted by Gasteiger charge is 2.26. The molecule has 1 saturated carbocycles. The van der Waals surface area contributed by atoms with Crippen LogP contribution < -0.4 is 5.32 Å². The van der Waals surface area contributed by atoms with Gasteiger partial charge >= 0.3 is 0 Å². The predicted octanol–water partition coefficient (Wildman–Crippen LogP) is 2.29. The molecule has 1 saturated heterocycles. The third-order valence-corrected chi connectivity index (χ3v) is 4.38. The number of hydrogen-bond acceptors (Lipinski definition) is 3. The van der Waals surface area contributed by atoms with Crippen molar-refractivity contribution in [3.63, 3.8) is 0 Å². The first kappa shape index (κ1) is 15.0. The molecule has 2 amide bonds. The number of morpholine rings is 1. The molecule has 22 heavy (non-hydrogen) atoms. The number of hydrogen-bond donors (Lipinski definition) is 1. The highest BCUT2D eigenvalue weighted by atomic mass is 16.5. The summed E-state index contributed by atoms with van der Waals surface area (Å²) in [7, 11) is 0. The summed E-state index contributed by atoms with van der Waals surface area (Å²) in [6, 6.07) is 7.20. The average molecular weight is 302 g/mol. The van der Waals surface area contributed by atoms with Crippen molar-refractivity contribution in [2.24, 2.45) is 5.92 Å². The van der Waals surface area contributed by atoms with E-state index in [0.29, 0.717) is 30.9 Å². The van der Waals surface area contributed by atoms with Gasteiger partial charge in [0.25, 0.3) is 5.91 Å². The van der Waals surface area contributed by atoms with E-state index in [9.17, 15) is 9.59 Å². The van der Waals surface area contributed by atoms with E-state index >= 15 is 0 Å². The van der Waals surface area contributed by atoms with Crippen molar-refractivity contribution >= 4 is 17.5 Å². The maximum Gasteiger partial charge on any atom is 0.254 e. The SMILES string of the molecule is CC1CN(C(=O)c2cccc(NC(=O)C3CCC3)c2)CCO1. The second-order valence-corrected chi connectivity index (χ2v) is 6.13. The molecule has 2 fully saturated rings. The molecule has 3 rings (SSSR count). The van der Waals surface area contributed by atoms with Gasteiger partial charge in [-0.1, -0.05) is 12.5 Å². The Morgan fingerprint density at radius 2 is 2.14 bits per heavy atom. The largest absolute Gasteiger partial charge is 0.375 e. The summed E-state index contributed by atoms with van der Waals surface area (Å²) in [5.41, 5.74) is 1.31. The Morgan fingerprint density at radius 3 is 2.82 bits per heavy atom. The summed E-state index contributed by atoms with van der Waals surface area (Å²) in [5.74, 6) is 0.199. The monoisotopic (exact) mass is 302 g/mol. The van der Waals surface area contributed by atoms with Gasteiger partial charge in [0.1, 0.15) is 0 Å². The first-order chi connectivity index (χ1) is 10.6. The Balaban J connectivity index is 1.67. The quantitative estimate of drug-likeness (QED) is 0.932. The lowest BCUT2D eigenvalue weighted by Crippen LogP contribution is -2.44. The van der Waals surface area contributed by atoms with E-state index in [2.05, 4.69) is 5.32 Å². The lowest BCUT2D eigenvalue weighted by molar-refractivity contribution is -0.122. The number of rotatable bonds is 3. The first-order valence-electron chi connectivity index (χ1n) is 7.95. The Labute approximate surface area is 130 Å². The second kappa shape index (κ2) is 6.48. The van der Waals surface area contributed by atoms with E-state index in [1.54, 1.807) is 17.0 Å². The Hall–Kier alpha value is -1.88. The number of carbonyl (C=O) groups is 2. The fourth-order valence-corrected chi connectivity index (χ4v) is 2.83. The van der Waals surface area contributed by atoms with E-state index in [0.717, 1.165) is 19.3 Å². The third kappa shape index (κ3) is 3.30. The van der Waals surface area contributed by atoms with Crippen LogP contribution in [-0.2, 0) is 9.53 Å². The summed E-state index contributed by atoms with van der Waals surface area (Å²) < 4.78 is 5.46. The minimum atomic E-state index is -0.00473. The molecule has 0 bridgehead atoms. The zero-order valence-corrected chi connectivity index (χ0v) is 12.9. The minimum Gasteiger partial charge on any atom is -0.375 e. The van der Waals surface area contributed by atoms with Crippen LogP contribution in [0.5, 0.6) is 0 Å². The second-order valence-electron chi connectivity index (χ2n) is 6.13. The molecule has 0 aromatic heterocycles. The van der Waals surface area contributed by atoms with Crippen LogP contribution in [0.1, 0.15) is 36.5 Å². The molecule has 1 aromatic carbocycles. The third-order valence-electron chi connectivity index (χ3n) is 4.38. The lowest BCUT2D eigenvalue weighted by atomic mass is 9.85. The van der Waals surface area contributed by atoms with Crippen molar-refractivity contribution in [3.8, 4) is 0 Å². The number of benzene rings is 1. The summed E-state index contributed by atoms with van der Waals surface area (Å²) in [6.45, 7) is 3.76. The molecule has 2 aliphatic rings. The smallest absolute Gasteiger partial charge is 0.254 e. The van der Waals surface area contributed by atoms with Gasteiger partial charge in [-0.15, -0.1) is 0 Å². The van der Waals surface area contributed by atoms with Gasteiger partial charge < -0.3 is 15.0 Å². The molecule has 0 radical (unpaired) electrons. The Kier molecular flexibility index (Phi) is 4.43. The number of anilines is 1. The number of amides is 2. The summed E-state index contributed by atoms with van der Waals surface area (Å²) in [6.07, 6.45) is 3.14. The van der Waals surface area contributed by atoms with Crippen LogP contribution in [0, 0.1) is 5.92 Å². The normalized spacial score (nSPS) is 22.0. The van der Waals surface area contributed by atoms with Gasteiger partial charge in [-0.25, -0.2) is 0 Å². The summed E-state index contributed by atoms with van der Waals surface area (Å²) in [4.78, 5) is 26.3. The topological polar surface area (TPSA) is 58.6 Å². The molecule has 1 atom stereocenters. The molecule has 1 aliphatic heterocycles. The maximum absolute atomic E-state index is 12.5. The molecule has 118 valence electrons. The van der Waals surface area contributed by atoms with Gasteiger partial charge in [0, 0.05) is 30.3 Å². The average Bonchev–Trinajstić information content (AvgIpc) is 2.45. The zero-order chi connectivity index (χ0) is 15.5. The molecular weight excluding hydrogens is 280 g/mol. The Morgan fingerprint density at radius 1 is 1.32 bits per heavy atom. The van der Waals surface area contributed by atoms with Crippen molar-refractivity contribution in [2.75, 3.05) is 25.0 Å². The van der Waals surface area contributed by atoms with Crippen molar-refractivity contribution in [3.05, 3.63) is 29.8 Å². The molecule has 1 heterocycles. The predicted molar refractivity (Wildman–Crippen MR) is 83.7 cm³/mol.